The summed E-state index contributed by atoms with van der Waals surface area (Å²) in [5, 5.41) is 0. The van der Waals surface area contributed by atoms with Gasteiger partial charge in [-0.1, -0.05) is 34.1 Å². The minimum Gasteiger partial charge on any atom is -0.454 e. The summed E-state index contributed by atoms with van der Waals surface area (Å²) < 4.78 is 6.15. The van der Waals surface area contributed by atoms with Gasteiger partial charge in [-0.25, -0.2) is 0 Å². The number of aryl methyl sites for hydroxylation is 2. The van der Waals surface area contributed by atoms with Crippen LogP contribution in [0.4, 0.5) is 0 Å². The van der Waals surface area contributed by atoms with E-state index in [0.29, 0.717) is 5.56 Å². The summed E-state index contributed by atoms with van der Waals surface area (Å²) in [6.45, 7) is 5.69. The number of ether oxygens (including phenoxy) is 1. The first-order chi connectivity index (χ1) is 11.4. The summed E-state index contributed by atoms with van der Waals surface area (Å²) in [7, 11) is 0. The van der Waals surface area contributed by atoms with Gasteiger partial charge < -0.3 is 4.74 Å². The van der Waals surface area contributed by atoms with E-state index in [2.05, 4.69) is 15.9 Å². The third-order valence-electron chi connectivity index (χ3n) is 3.64. The first-order valence-electron chi connectivity index (χ1n) is 7.56. The molecule has 0 aliphatic carbocycles. The molecule has 0 aliphatic heterocycles. The summed E-state index contributed by atoms with van der Waals surface area (Å²) in [4.78, 5) is 25.2. The van der Waals surface area contributed by atoms with Crippen LogP contribution in [0.3, 0.4) is 0 Å². The maximum Gasteiger partial charge on any atom is 0.316 e. The van der Waals surface area contributed by atoms with Gasteiger partial charge in [0, 0.05) is 14.9 Å². The van der Waals surface area contributed by atoms with Crippen LogP contribution in [0.15, 0.2) is 51.8 Å². The number of carbonyl (C=O) groups excluding carboxylic acids is 2. The highest BCUT2D eigenvalue weighted by Gasteiger charge is 2.19. The van der Waals surface area contributed by atoms with Gasteiger partial charge in [0.05, 0.1) is 5.75 Å². The van der Waals surface area contributed by atoms with Gasteiger partial charge in [0.15, 0.2) is 6.10 Å². The molecule has 2 aromatic rings. The molecule has 1 atom stereocenters. The molecule has 2 rings (SSSR count). The predicted molar refractivity (Wildman–Crippen MR) is 101 cm³/mol. The van der Waals surface area contributed by atoms with Crippen LogP contribution < -0.4 is 0 Å². The molecule has 0 bridgehead atoms. The number of esters is 1. The Morgan fingerprint density at radius 3 is 2.38 bits per heavy atom. The van der Waals surface area contributed by atoms with E-state index in [4.69, 9.17) is 4.74 Å². The van der Waals surface area contributed by atoms with E-state index in [1.165, 1.54) is 22.9 Å². The molecule has 0 aliphatic rings. The molecule has 0 amide bonds. The summed E-state index contributed by atoms with van der Waals surface area (Å²) in [5.74, 6) is -0.413. The fourth-order valence-electron chi connectivity index (χ4n) is 2.08. The smallest absolute Gasteiger partial charge is 0.316 e. The molecule has 0 unspecified atom stereocenters. The Morgan fingerprint density at radius 1 is 1.08 bits per heavy atom. The highest BCUT2D eigenvalue weighted by Crippen LogP contribution is 2.21. The molecule has 0 spiro atoms. The van der Waals surface area contributed by atoms with E-state index in [1.807, 2.05) is 32.0 Å². The van der Waals surface area contributed by atoms with Crippen LogP contribution in [-0.4, -0.2) is 23.6 Å². The van der Waals surface area contributed by atoms with Gasteiger partial charge in [-0.3, -0.25) is 9.59 Å². The lowest BCUT2D eigenvalue weighted by molar-refractivity contribution is -0.143. The Kier molecular flexibility index (Phi) is 6.63. The molecule has 0 aromatic heterocycles. The van der Waals surface area contributed by atoms with Crippen LogP contribution in [0.25, 0.3) is 0 Å². The third-order valence-corrected chi connectivity index (χ3v) is 5.14. The Balaban J connectivity index is 1.88. The molecule has 3 nitrogen and oxygen atoms in total. The number of thioether (sulfide) groups is 1. The standard InChI is InChI=1S/C19H19BrO3S/c1-12-4-9-17(10-13(12)2)24-11-18(21)23-14(3)19(22)15-5-7-16(20)8-6-15/h4-10,14H,11H2,1-3H3/t14-/m0/s1. The van der Waals surface area contributed by atoms with Crippen LogP contribution in [-0.2, 0) is 9.53 Å². The number of hydrogen-bond donors (Lipinski definition) is 0. The molecule has 24 heavy (non-hydrogen) atoms. The molecule has 5 heteroatoms. The lowest BCUT2D eigenvalue weighted by Crippen LogP contribution is -2.25. The molecular weight excluding hydrogens is 388 g/mol. The zero-order chi connectivity index (χ0) is 17.7. The number of halogens is 1. The van der Waals surface area contributed by atoms with Crippen LogP contribution in [0.1, 0.15) is 28.4 Å². The van der Waals surface area contributed by atoms with Crippen LogP contribution in [0.2, 0.25) is 0 Å². The largest absolute Gasteiger partial charge is 0.454 e. The zero-order valence-electron chi connectivity index (χ0n) is 13.8. The van der Waals surface area contributed by atoms with Crippen LogP contribution in [0.5, 0.6) is 0 Å². The topological polar surface area (TPSA) is 43.4 Å². The fourth-order valence-corrected chi connectivity index (χ4v) is 3.12. The van der Waals surface area contributed by atoms with E-state index in [9.17, 15) is 9.59 Å². The third kappa shape index (κ3) is 5.21. The second-order valence-corrected chi connectivity index (χ2v) is 7.50. The minimum atomic E-state index is -0.793. The van der Waals surface area contributed by atoms with Crippen molar-refractivity contribution in [1.82, 2.24) is 0 Å². The summed E-state index contributed by atoms with van der Waals surface area (Å²) in [6.07, 6.45) is -0.793. The van der Waals surface area contributed by atoms with Gasteiger partial charge >= 0.3 is 5.97 Å². The van der Waals surface area contributed by atoms with E-state index in [0.717, 1.165) is 9.37 Å². The SMILES string of the molecule is Cc1ccc(SCC(=O)O[C@@H](C)C(=O)c2ccc(Br)cc2)cc1C. The van der Waals surface area contributed by atoms with Gasteiger partial charge in [-0.05, 0) is 56.2 Å². The minimum absolute atomic E-state index is 0.181. The van der Waals surface area contributed by atoms with Gasteiger partial charge in [0.25, 0.3) is 0 Å². The number of benzene rings is 2. The normalized spacial score (nSPS) is 11.8. The highest BCUT2D eigenvalue weighted by atomic mass is 79.9. The summed E-state index contributed by atoms with van der Waals surface area (Å²) in [6, 6.07) is 13.1. The first kappa shape index (κ1) is 18.7. The Hall–Kier alpha value is -1.59. The van der Waals surface area contributed by atoms with E-state index >= 15 is 0 Å². The summed E-state index contributed by atoms with van der Waals surface area (Å²) in [5.41, 5.74) is 2.93. The van der Waals surface area contributed by atoms with Crippen molar-refractivity contribution in [1.29, 1.82) is 0 Å². The average Bonchev–Trinajstić information content (AvgIpc) is 2.56. The summed E-state index contributed by atoms with van der Waals surface area (Å²) >= 11 is 4.74. The monoisotopic (exact) mass is 406 g/mol. The molecule has 126 valence electrons. The first-order valence-corrected chi connectivity index (χ1v) is 9.34. The Bertz CT molecular complexity index is 741. The van der Waals surface area contributed by atoms with Gasteiger partial charge in [-0.2, -0.15) is 0 Å². The van der Waals surface area contributed by atoms with Crippen molar-refractivity contribution in [2.24, 2.45) is 0 Å². The average molecular weight is 407 g/mol. The molecule has 0 saturated heterocycles. The van der Waals surface area contributed by atoms with Crippen molar-refractivity contribution in [3.63, 3.8) is 0 Å². The quantitative estimate of drug-likeness (QED) is 0.385. The van der Waals surface area contributed by atoms with Gasteiger partial charge in [0.1, 0.15) is 0 Å². The fraction of sp³-hybridized carbons (Fsp3) is 0.263. The molecule has 2 aromatic carbocycles. The van der Waals surface area contributed by atoms with Crippen molar-refractivity contribution in [2.75, 3.05) is 5.75 Å². The molecule has 0 saturated carbocycles. The maximum atomic E-state index is 12.2. The molecule has 0 heterocycles. The zero-order valence-corrected chi connectivity index (χ0v) is 16.2. The highest BCUT2D eigenvalue weighted by molar-refractivity contribution is 9.10. The van der Waals surface area contributed by atoms with E-state index < -0.39 is 12.1 Å². The number of hydrogen-bond acceptors (Lipinski definition) is 4. The Morgan fingerprint density at radius 2 is 1.75 bits per heavy atom. The number of carbonyl (C=O) groups is 2. The Labute approximate surface area is 154 Å². The lowest BCUT2D eigenvalue weighted by atomic mass is 10.1. The number of Topliss-reactive ketones (excluding diaryl/α,β-unsaturated/α-hetero) is 1. The molecular formula is C19H19BrO3S. The van der Waals surface area contributed by atoms with Crippen LogP contribution in [0, 0.1) is 13.8 Å². The van der Waals surface area contributed by atoms with E-state index in [1.54, 1.807) is 31.2 Å². The lowest BCUT2D eigenvalue weighted by Gasteiger charge is -2.12. The van der Waals surface area contributed by atoms with Crippen LogP contribution >= 0.6 is 27.7 Å². The second-order valence-electron chi connectivity index (χ2n) is 5.54. The molecule has 0 radical (unpaired) electrons. The van der Waals surface area contributed by atoms with Crippen molar-refractivity contribution < 1.29 is 14.3 Å². The number of rotatable bonds is 6. The van der Waals surface area contributed by atoms with Crippen molar-refractivity contribution in [3.05, 3.63) is 63.6 Å². The van der Waals surface area contributed by atoms with Gasteiger partial charge in [0.2, 0.25) is 5.78 Å². The van der Waals surface area contributed by atoms with Crippen molar-refractivity contribution in [2.45, 2.75) is 31.8 Å². The van der Waals surface area contributed by atoms with Crippen molar-refractivity contribution in [3.8, 4) is 0 Å². The maximum absolute atomic E-state index is 12.2. The molecule has 0 fully saturated rings. The van der Waals surface area contributed by atoms with E-state index in [-0.39, 0.29) is 11.5 Å². The predicted octanol–water partition coefficient (Wildman–Crippen LogP) is 4.97. The van der Waals surface area contributed by atoms with Crippen molar-refractivity contribution >= 4 is 39.4 Å². The number of ketones is 1. The molecule has 0 N–H and O–H groups in total. The van der Waals surface area contributed by atoms with Gasteiger partial charge in [-0.15, -0.1) is 11.8 Å². The second kappa shape index (κ2) is 8.49.